The van der Waals surface area contributed by atoms with Crippen molar-refractivity contribution in [3.05, 3.63) is 78.6 Å². The molecule has 2 rings (SSSR count). The van der Waals surface area contributed by atoms with E-state index in [9.17, 15) is 18.0 Å². The van der Waals surface area contributed by atoms with Crippen molar-refractivity contribution in [2.75, 3.05) is 19.4 Å². The molecule has 0 bridgehead atoms. The summed E-state index contributed by atoms with van der Waals surface area (Å²) in [4.78, 5) is 12.2. The lowest BCUT2D eigenvalue weighted by Crippen LogP contribution is -3.00. The molecule has 2 N–H and O–H groups in total. The van der Waals surface area contributed by atoms with Crippen LogP contribution in [0.1, 0.15) is 0 Å². The number of nitrogens with one attached hydrogen (secondary N) is 2. The Kier molecular flexibility index (Phi) is 6.79. The van der Waals surface area contributed by atoms with Crippen LogP contribution in [0.15, 0.2) is 78.6 Å². The summed E-state index contributed by atoms with van der Waals surface area (Å²) in [5, 5.41) is 2.84. The minimum atomic E-state index is -4.94. The first kappa shape index (κ1) is 20.3. The van der Waals surface area contributed by atoms with Crippen LogP contribution in [0.5, 0.6) is 11.5 Å². The molecule has 4 nitrogen and oxygen atoms in total. The van der Waals surface area contributed by atoms with Gasteiger partial charge in [-0.3, -0.25) is 4.79 Å². The molecular formula is C20H20F3N2O2+. The largest absolute Gasteiger partial charge is 0.455 e. The molecule has 0 amide bonds. The lowest BCUT2D eigenvalue weighted by atomic mass is 10.2. The molecule has 142 valence electrons. The van der Waals surface area contributed by atoms with E-state index < -0.39 is 12.0 Å². The highest BCUT2D eigenvalue weighted by molar-refractivity contribution is 5.95. The molecule has 0 fully saturated rings. The number of quaternary nitrogens is 1. The number of benzene rings is 2. The summed E-state index contributed by atoms with van der Waals surface area (Å²) in [5.74, 6) is -0.943. The number of rotatable bonds is 7. The van der Waals surface area contributed by atoms with Crippen LogP contribution in [0.4, 0.5) is 18.9 Å². The maximum Gasteiger partial charge on any atom is 0.454 e. The van der Waals surface area contributed by atoms with Gasteiger partial charge in [-0.2, -0.15) is 13.2 Å². The molecule has 0 aliphatic heterocycles. The Morgan fingerprint density at radius 3 is 2.30 bits per heavy atom. The van der Waals surface area contributed by atoms with Crippen LogP contribution in [-0.4, -0.2) is 26.1 Å². The van der Waals surface area contributed by atoms with Crippen molar-refractivity contribution < 1.29 is 27.6 Å². The minimum Gasteiger partial charge on any atom is -0.455 e. The zero-order valence-electron chi connectivity index (χ0n) is 14.9. The van der Waals surface area contributed by atoms with Crippen LogP contribution in [0, 0.1) is 0 Å². The second-order valence-corrected chi connectivity index (χ2v) is 5.91. The van der Waals surface area contributed by atoms with E-state index in [-0.39, 0.29) is 5.70 Å². The second kappa shape index (κ2) is 9.05. The second-order valence-electron chi connectivity index (χ2n) is 5.91. The van der Waals surface area contributed by atoms with E-state index in [0.29, 0.717) is 23.3 Å². The summed E-state index contributed by atoms with van der Waals surface area (Å²) < 4.78 is 43.7. The van der Waals surface area contributed by atoms with Crippen molar-refractivity contribution in [3.8, 4) is 11.5 Å². The molecule has 0 aliphatic carbocycles. The minimum absolute atomic E-state index is 0.00244. The number of carbonyl (C=O) groups excluding carboxylic acids is 1. The van der Waals surface area contributed by atoms with Crippen molar-refractivity contribution in [1.29, 1.82) is 0 Å². The molecule has 7 heteroatoms. The number of halogens is 3. The SMILES string of the molecule is C[NH+](C)C=CC(=CC(=O)C(F)(F)F)Nc1ccccc1Oc1ccccc1. The van der Waals surface area contributed by atoms with Crippen molar-refractivity contribution in [2.45, 2.75) is 6.18 Å². The van der Waals surface area contributed by atoms with Gasteiger partial charge in [0.05, 0.1) is 26.0 Å². The lowest BCUT2D eigenvalue weighted by Gasteiger charge is -2.14. The van der Waals surface area contributed by atoms with E-state index in [1.54, 1.807) is 68.8 Å². The Labute approximate surface area is 155 Å². The predicted molar refractivity (Wildman–Crippen MR) is 97.7 cm³/mol. The zero-order chi connectivity index (χ0) is 19.9. The molecular weight excluding hydrogens is 357 g/mol. The number of para-hydroxylation sites is 3. The Morgan fingerprint density at radius 1 is 1.04 bits per heavy atom. The Bertz CT molecular complexity index is 829. The van der Waals surface area contributed by atoms with Crippen LogP contribution in [0.3, 0.4) is 0 Å². The lowest BCUT2D eigenvalue weighted by molar-refractivity contribution is -0.801. The molecule has 0 spiro atoms. The number of ether oxygens (including phenoxy) is 1. The topological polar surface area (TPSA) is 42.8 Å². The standard InChI is InChI=1S/C20H19F3N2O2/c1-25(2)13-12-15(14-19(26)20(21,22)23)24-17-10-6-7-11-18(17)27-16-8-4-3-5-9-16/h3-14,24H,1-2H3/p+1. The maximum atomic E-state index is 12.6. The summed E-state index contributed by atoms with van der Waals surface area (Å²) >= 11 is 0. The number of allylic oxidation sites excluding steroid dienone is 2. The van der Waals surface area contributed by atoms with Gasteiger partial charge >= 0.3 is 6.18 Å². The summed E-state index contributed by atoms with van der Waals surface area (Å²) in [6.07, 6.45) is -1.38. The highest BCUT2D eigenvalue weighted by atomic mass is 19.4. The molecule has 2 aromatic rings. The van der Waals surface area contributed by atoms with Crippen molar-refractivity contribution >= 4 is 11.5 Å². The molecule has 0 aromatic heterocycles. The molecule has 0 radical (unpaired) electrons. The molecule has 27 heavy (non-hydrogen) atoms. The van der Waals surface area contributed by atoms with Crippen LogP contribution >= 0.6 is 0 Å². The van der Waals surface area contributed by atoms with E-state index in [0.717, 1.165) is 4.90 Å². The van der Waals surface area contributed by atoms with Crippen molar-refractivity contribution in [3.63, 3.8) is 0 Å². The third kappa shape index (κ3) is 6.63. The first-order valence-corrected chi connectivity index (χ1v) is 8.16. The quantitative estimate of drug-likeness (QED) is 0.573. The first-order chi connectivity index (χ1) is 12.8. The Morgan fingerprint density at radius 2 is 1.67 bits per heavy atom. The first-order valence-electron chi connectivity index (χ1n) is 8.16. The van der Waals surface area contributed by atoms with Gasteiger partial charge in [0.2, 0.25) is 0 Å². The van der Waals surface area contributed by atoms with Crippen molar-refractivity contribution in [1.82, 2.24) is 0 Å². The van der Waals surface area contributed by atoms with Gasteiger partial charge in [-0.1, -0.05) is 30.3 Å². The Balaban J connectivity index is 2.32. The average molecular weight is 377 g/mol. The van der Waals surface area contributed by atoms with Gasteiger partial charge in [0.1, 0.15) is 5.75 Å². The van der Waals surface area contributed by atoms with Gasteiger partial charge in [-0.15, -0.1) is 0 Å². The number of anilines is 1. The molecule has 2 aromatic carbocycles. The highest BCUT2D eigenvalue weighted by Crippen LogP contribution is 2.30. The number of alkyl halides is 3. The van der Waals surface area contributed by atoms with Gasteiger partial charge in [0.15, 0.2) is 5.75 Å². The number of hydrogen-bond acceptors (Lipinski definition) is 3. The third-order valence-electron chi connectivity index (χ3n) is 3.30. The average Bonchev–Trinajstić information content (AvgIpc) is 2.61. The molecule has 0 saturated carbocycles. The van der Waals surface area contributed by atoms with Gasteiger partial charge in [-0.25, -0.2) is 0 Å². The number of ketones is 1. The van der Waals surface area contributed by atoms with E-state index in [1.165, 1.54) is 6.08 Å². The smallest absolute Gasteiger partial charge is 0.454 e. The molecule has 0 unspecified atom stereocenters. The van der Waals surface area contributed by atoms with Crippen LogP contribution in [-0.2, 0) is 4.79 Å². The molecule has 0 atom stereocenters. The number of hydrogen-bond donors (Lipinski definition) is 2. The fourth-order valence-corrected chi connectivity index (χ4v) is 2.04. The van der Waals surface area contributed by atoms with Gasteiger partial charge < -0.3 is 15.0 Å². The van der Waals surface area contributed by atoms with E-state index >= 15 is 0 Å². The monoisotopic (exact) mass is 377 g/mol. The van der Waals surface area contributed by atoms with Crippen LogP contribution in [0.2, 0.25) is 0 Å². The predicted octanol–water partition coefficient (Wildman–Crippen LogP) is 3.56. The Hall–Kier alpha value is -3.06. The van der Waals surface area contributed by atoms with Gasteiger partial charge in [0.25, 0.3) is 5.78 Å². The normalized spacial score (nSPS) is 12.4. The number of carbonyl (C=O) groups is 1. The van der Waals surface area contributed by atoms with Gasteiger partial charge in [-0.05, 0) is 24.3 Å². The summed E-state index contributed by atoms with van der Waals surface area (Å²) in [6.45, 7) is 0. The summed E-state index contributed by atoms with van der Waals surface area (Å²) in [7, 11) is 3.60. The maximum absolute atomic E-state index is 12.6. The fourth-order valence-electron chi connectivity index (χ4n) is 2.04. The van der Waals surface area contributed by atoms with Crippen LogP contribution < -0.4 is 15.0 Å². The van der Waals surface area contributed by atoms with E-state index in [1.807, 2.05) is 6.07 Å². The highest BCUT2D eigenvalue weighted by Gasteiger charge is 2.36. The summed E-state index contributed by atoms with van der Waals surface area (Å²) in [5.41, 5.74) is 0.434. The van der Waals surface area contributed by atoms with Crippen molar-refractivity contribution in [2.24, 2.45) is 0 Å². The fraction of sp³-hybridized carbons (Fsp3) is 0.150. The van der Waals surface area contributed by atoms with Crippen LogP contribution in [0.25, 0.3) is 0 Å². The summed E-state index contributed by atoms with van der Waals surface area (Å²) in [6, 6.07) is 15.8. The molecule has 0 heterocycles. The van der Waals surface area contributed by atoms with E-state index in [4.69, 9.17) is 4.74 Å². The third-order valence-corrected chi connectivity index (χ3v) is 3.30. The zero-order valence-corrected chi connectivity index (χ0v) is 14.9. The molecule has 0 saturated heterocycles. The molecule has 0 aliphatic rings. The van der Waals surface area contributed by atoms with E-state index in [2.05, 4.69) is 5.32 Å². The van der Waals surface area contributed by atoms with Gasteiger partial charge in [0, 0.05) is 17.8 Å².